The summed E-state index contributed by atoms with van der Waals surface area (Å²) in [5.41, 5.74) is 4.54. The largest absolute Gasteiger partial charge is 0.379 e. The first-order chi connectivity index (χ1) is 21.4. The van der Waals surface area contributed by atoms with Gasteiger partial charge in [-0.1, -0.05) is 64.1 Å². The van der Waals surface area contributed by atoms with Crippen LogP contribution in [0.15, 0.2) is 83.5 Å². The number of hydrazone groups is 1. The van der Waals surface area contributed by atoms with Crippen LogP contribution in [0.4, 0.5) is 10.5 Å². The minimum absolute atomic E-state index is 0.377. The third kappa shape index (κ3) is 8.66. The summed E-state index contributed by atoms with van der Waals surface area (Å²) in [6.45, 7) is 13.1. The molecule has 234 valence electrons. The van der Waals surface area contributed by atoms with Crippen LogP contribution in [-0.2, 0) is 11.3 Å². The van der Waals surface area contributed by atoms with Crippen molar-refractivity contribution < 1.29 is 9.53 Å². The van der Waals surface area contributed by atoms with Crippen LogP contribution >= 0.6 is 0 Å². The number of aromatic nitrogens is 1. The van der Waals surface area contributed by atoms with E-state index in [-0.39, 0.29) is 6.03 Å². The minimum Gasteiger partial charge on any atom is -0.379 e. The number of hydrazine groups is 1. The van der Waals surface area contributed by atoms with Gasteiger partial charge in [-0.3, -0.25) is 25.2 Å². The number of benzene rings is 2. The SMILES string of the molecule is CC.CC(C)C/C=C(/NC(=O)Nc1ccc(-c2ccc(CN3CCOCC3)nc2)c2ccccc12)N(N)C1=CCN(C)N=C1. The number of nitrogens with one attached hydrogen (secondary N) is 2. The van der Waals surface area contributed by atoms with Crippen LogP contribution in [0, 0.1) is 5.92 Å². The second kappa shape index (κ2) is 16.0. The quantitative estimate of drug-likeness (QED) is 0.212. The van der Waals surface area contributed by atoms with Gasteiger partial charge in [-0.2, -0.15) is 5.10 Å². The number of hydrogen-bond donors (Lipinski definition) is 3. The average molecular weight is 599 g/mol. The number of urea groups is 1. The lowest BCUT2D eigenvalue weighted by Crippen LogP contribution is -2.42. The Morgan fingerprint density at radius 1 is 1.09 bits per heavy atom. The molecule has 5 rings (SSSR count). The number of nitrogens with zero attached hydrogens (tertiary/aromatic N) is 5. The lowest BCUT2D eigenvalue weighted by Gasteiger charge is -2.26. The van der Waals surface area contributed by atoms with E-state index < -0.39 is 0 Å². The number of morpholine rings is 1. The first-order valence-corrected chi connectivity index (χ1v) is 15.4. The number of rotatable bonds is 9. The zero-order valence-corrected chi connectivity index (χ0v) is 26.6. The fraction of sp³-hybridized carbons (Fsp3) is 0.382. The molecule has 0 aliphatic carbocycles. The summed E-state index contributed by atoms with van der Waals surface area (Å²) < 4.78 is 5.45. The molecule has 0 bridgehead atoms. The lowest BCUT2D eigenvalue weighted by atomic mass is 9.98. The molecular formula is C34H46N8O2. The van der Waals surface area contributed by atoms with E-state index in [9.17, 15) is 4.79 Å². The number of fused-ring (bicyclic) bond motifs is 1. The van der Waals surface area contributed by atoms with Crippen molar-refractivity contribution in [3.05, 3.63) is 84.1 Å². The van der Waals surface area contributed by atoms with Gasteiger partial charge < -0.3 is 10.1 Å². The van der Waals surface area contributed by atoms with Crippen LogP contribution in [0.3, 0.4) is 0 Å². The topological polar surface area (TPSA) is 111 Å². The molecular weight excluding hydrogens is 552 g/mol. The van der Waals surface area contributed by atoms with E-state index >= 15 is 0 Å². The van der Waals surface area contributed by atoms with Crippen LogP contribution in [0.5, 0.6) is 0 Å². The number of amides is 2. The molecule has 1 fully saturated rings. The number of carbonyl (C=O) groups excluding carboxylic acids is 1. The minimum atomic E-state index is -0.377. The second-order valence-corrected chi connectivity index (χ2v) is 11.0. The molecule has 10 nitrogen and oxygen atoms in total. The van der Waals surface area contributed by atoms with Crippen LogP contribution in [0.2, 0.25) is 0 Å². The number of likely N-dealkylation sites (N-methyl/N-ethyl adjacent to an activating group) is 1. The molecule has 4 N–H and O–H groups in total. The van der Waals surface area contributed by atoms with E-state index in [1.54, 1.807) is 11.2 Å². The molecule has 0 unspecified atom stereocenters. The highest BCUT2D eigenvalue weighted by Gasteiger charge is 2.17. The number of anilines is 1. The highest BCUT2D eigenvalue weighted by Crippen LogP contribution is 2.33. The molecule has 2 aromatic carbocycles. The van der Waals surface area contributed by atoms with Gasteiger partial charge in [0.05, 0.1) is 43.1 Å². The summed E-state index contributed by atoms with van der Waals surface area (Å²) in [4.78, 5) is 20.4. The predicted octanol–water partition coefficient (Wildman–Crippen LogP) is 5.76. The van der Waals surface area contributed by atoms with Gasteiger partial charge in [0.2, 0.25) is 0 Å². The molecule has 0 spiro atoms. The maximum absolute atomic E-state index is 13.3. The highest BCUT2D eigenvalue weighted by molar-refractivity contribution is 6.07. The summed E-state index contributed by atoms with van der Waals surface area (Å²) in [5.74, 6) is 7.33. The third-order valence-electron chi connectivity index (χ3n) is 7.31. The van der Waals surface area contributed by atoms with E-state index in [4.69, 9.17) is 15.6 Å². The van der Waals surface area contributed by atoms with E-state index in [0.29, 0.717) is 29.7 Å². The van der Waals surface area contributed by atoms with Gasteiger partial charge in [0.25, 0.3) is 0 Å². The zero-order valence-electron chi connectivity index (χ0n) is 26.6. The molecule has 0 radical (unpaired) electrons. The molecule has 10 heteroatoms. The fourth-order valence-electron chi connectivity index (χ4n) is 4.94. The van der Waals surface area contributed by atoms with Crippen LogP contribution in [0.1, 0.15) is 39.8 Å². The lowest BCUT2D eigenvalue weighted by molar-refractivity contribution is 0.0336. The van der Waals surface area contributed by atoms with Gasteiger partial charge in [0.1, 0.15) is 5.82 Å². The van der Waals surface area contributed by atoms with Gasteiger partial charge >= 0.3 is 6.03 Å². The van der Waals surface area contributed by atoms with Gasteiger partial charge in [-0.05, 0) is 47.6 Å². The number of ether oxygens (including phenoxy) is 1. The van der Waals surface area contributed by atoms with E-state index in [2.05, 4.69) is 52.7 Å². The molecule has 3 heterocycles. The molecule has 2 aliphatic rings. The van der Waals surface area contributed by atoms with Crippen molar-refractivity contribution in [2.75, 3.05) is 45.2 Å². The Bertz CT molecular complexity index is 1480. The van der Waals surface area contributed by atoms with Crippen molar-refractivity contribution in [3.63, 3.8) is 0 Å². The predicted molar refractivity (Wildman–Crippen MR) is 180 cm³/mol. The maximum Gasteiger partial charge on any atom is 0.324 e. The Kier molecular flexibility index (Phi) is 11.9. The number of nitrogens with two attached hydrogens (primary N) is 1. The number of pyridine rings is 1. The standard InChI is InChI=1S/C32H40N8O2.C2H6/c1-23(2)8-13-31(40(33)26-14-15-38(3)35-21-26)37-32(41)36-30-12-11-27(28-6-4-5-7-29(28)30)24-9-10-25(34-20-24)22-39-16-18-42-19-17-39;1-2/h4-7,9-14,20-21,23H,8,15-19,22,33H2,1-3H3,(H2,36,37,41);1-2H3/b31-13-;. The van der Waals surface area contributed by atoms with Gasteiger partial charge in [-0.15, -0.1) is 0 Å². The monoisotopic (exact) mass is 598 g/mol. The van der Waals surface area contributed by atoms with Gasteiger partial charge in [0, 0.05) is 43.8 Å². The van der Waals surface area contributed by atoms with Gasteiger partial charge in [-0.25, -0.2) is 10.6 Å². The molecule has 2 amide bonds. The van der Waals surface area contributed by atoms with E-state index in [1.807, 2.05) is 69.6 Å². The van der Waals surface area contributed by atoms with E-state index in [1.165, 1.54) is 5.01 Å². The van der Waals surface area contributed by atoms with Crippen molar-refractivity contribution in [1.82, 2.24) is 25.2 Å². The molecule has 0 saturated carbocycles. The number of hydrogen-bond acceptors (Lipinski definition) is 8. The Morgan fingerprint density at radius 2 is 1.84 bits per heavy atom. The van der Waals surface area contributed by atoms with Crippen molar-refractivity contribution in [2.45, 2.75) is 40.7 Å². The van der Waals surface area contributed by atoms with Crippen molar-refractivity contribution in [1.29, 1.82) is 0 Å². The van der Waals surface area contributed by atoms with Crippen LogP contribution < -0.4 is 16.5 Å². The first-order valence-electron chi connectivity index (χ1n) is 15.4. The molecule has 1 aromatic heterocycles. The van der Waals surface area contributed by atoms with Crippen LogP contribution in [0.25, 0.3) is 21.9 Å². The molecule has 0 atom stereocenters. The van der Waals surface area contributed by atoms with Gasteiger partial charge in [0.15, 0.2) is 0 Å². The summed E-state index contributed by atoms with van der Waals surface area (Å²) >= 11 is 0. The van der Waals surface area contributed by atoms with Crippen molar-refractivity contribution in [2.24, 2.45) is 16.9 Å². The Hall–Kier alpha value is -4.25. The zero-order chi connectivity index (χ0) is 31.5. The maximum atomic E-state index is 13.3. The second-order valence-electron chi connectivity index (χ2n) is 11.0. The molecule has 1 saturated heterocycles. The number of carbonyl (C=O) groups is 1. The normalized spacial score (nSPS) is 15.5. The summed E-state index contributed by atoms with van der Waals surface area (Å²) in [5, 5.41) is 15.5. The summed E-state index contributed by atoms with van der Waals surface area (Å²) in [6, 6.07) is 15.9. The molecule has 3 aromatic rings. The molecule has 2 aliphatic heterocycles. The Morgan fingerprint density at radius 3 is 2.50 bits per heavy atom. The average Bonchev–Trinajstić information content (AvgIpc) is 3.05. The van der Waals surface area contributed by atoms with Crippen molar-refractivity contribution in [3.8, 4) is 11.1 Å². The Balaban J connectivity index is 0.00000216. The van der Waals surface area contributed by atoms with Crippen LogP contribution in [-0.4, -0.2) is 72.0 Å². The fourth-order valence-corrected chi connectivity index (χ4v) is 4.94. The Labute approximate surface area is 261 Å². The summed E-state index contributed by atoms with van der Waals surface area (Å²) in [7, 11) is 1.89. The summed E-state index contributed by atoms with van der Waals surface area (Å²) in [6.07, 6.45) is 8.27. The number of allylic oxidation sites excluding steroid dienone is 2. The van der Waals surface area contributed by atoms with E-state index in [0.717, 1.165) is 66.9 Å². The molecule has 44 heavy (non-hydrogen) atoms. The highest BCUT2D eigenvalue weighted by atomic mass is 16.5. The third-order valence-corrected chi connectivity index (χ3v) is 7.31. The first kappa shape index (κ1) is 32.7. The van der Waals surface area contributed by atoms with Crippen molar-refractivity contribution >= 4 is 28.7 Å². The smallest absolute Gasteiger partial charge is 0.324 e.